The minimum atomic E-state index is -3.81. The van der Waals surface area contributed by atoms with Crippen LogP contribution in [0.1, 0.15) is 21.5 Å². The highest BCUT2D eigenvalue weighted by Crippen LogP contribution is 2.26. The number of amides is 1. The zero-order chi connectivity index (χ0) is 20.2. The predicted octanol–water partition coefficient (Wildman–Crippen LogP) is 3.48. The number of hydrogen-bond donors (Lipinski definition) is 1. The van der Waals surface area contributed by atoms with E-state index in [2.05, 4.69) is 4.72 Å². The first-order chi connectivity index (χ1) is 12.7. The van der Waals surface area contributed by atoms with E-state index in [-0.39, 0.29) is 10.8 Å². The third kappa shape index (κ3) is 5.22. The number of aryl methyl sites for hydroxylation is 2. The van der Waals surface area contributed by atoms with Crippen LogP contribution in [0, 0.1) is 13.8 Å². The van der Waals surface area contributed by atoms with Crippen molar-refractivity contribution in [3.8, 4) is 0 Å². The summed E-state index contributed by atoms with van der Waals surface area (Å²) in [5.41, 5.74) is 1.92. The average molecular weight is 411 g/mol. The molecule has 0 fully saturated rings. The van der Waals surface area contributed by atoms with Crippen molar-refractivity contribution in [2.24, 2.45) is 0 Å². The molecule has 0 unspecified atom stereocenters. The normalized spacial score (nSPS) is 11.3. The highest BCUT2D eigenvalue weighted by atomic mass is 35.5. The molecule has 2 aromatic carbocycles. The molecule has 0 aliphatic carbocycles. The maximum atomic E-state index is 12.8. The number of halogens is 1. The van der Waals surface area contributed by atoms with E-state index in [1.54, 1.807) is 52.3 Å². The first-order valence-electron chi connectivity index (χ1n) is 8.29. The first kappa shape index (κ1) is 21.2. The second kappa shape index (κ2) is 8.73. The molecule has 1 N–H and O–H groups in total. The Morgan fingerprint density at radius 2 is 1.89 bits per heavy atom. The Labute approximate surface area is 165 Å². The van der Waals surface area contributed by atoms with Gasteiger partial charge < -0.3 is 9.64 Å². The summed E-state index contributed by atoms with van der Waals surface area (Å²) in [7, 11) is -0.585. The number of carbonyl (C=O) groups excluding carboxylic acids is 1. The molecule has 0 bridgehead atoms. The Morgan fingerprint density at radius 1 is 1.19 bits per heavy atom. The molecule has 0 saturated carbocycles. The molecule has 146 valence electrons. The molecule has 0 radical (unpaired) electrons. The van der Waals surface area contributed by atoms with Gasteiger partial charge in [0.25, 0.3) is 15.9 Å². The fraction of sp³-hybridized carbons (Fsp3) is 0.316. The summed E-state index contributed by atoms with van der Waals surface area (Å²) >= 11 is 6.05. The fourth-order valence-electron chi connectivity index (χ4n) is 2.52. The summed E-state index contributed by atoms with van der Waals surface area (Å²) < 4.78 is 33.1. The van der Waals surface area contributed by atoms with Gasteiger partial charge in [-0.25, -0.2) is 8.42 Å². The summed E-state index contributed by atoms with van der Waals surface area (Å²) in [6.07, 6.45) is 0. The van der Waals surface area contributed by atoms with Crippen molar-refractivity contribution in [3.63, 3.8) is 0 Å². The molecule has 0 aliphatic heterocycles. The van der Waals surface area contributed by atoms with E-state index >= 15 is 0 Å². The molecule has 0 aromatic heterocycles. The molecule has 0 saturated heterocycles. The molecule has 0 heterocycles. The van der Waals surface area contributed by atoms with Gasteiger partial charge in [-0.15, -0.1) is 0 Å². The van der Waals surface area contributed by atoms with E-state index in [1.165, 1.54) is 17.0 Å². The quantitative estimate of drug-likeness (QED) is 0.758. The second-order valence-corrected chi connectivity index (χ2v) is 8.33. The third-order valence-electron chi connectivity index (χ3n) is 4.08. The number of nitrogens with zero attached hydrogens (tertiary/aromatic N) is 1. The minimum absolute atomic E-state index is 0.151. The van der Waals surface area contributed by atoms with Gasteiger partial charge in [0.05, 0.1) is 11.5 Å². The average Bonchev–Trinajstić information content (AvgIpc) is 2.61. The van der Waals surface area contributed by atoms with Gasteiger partial charge >= 0.3 is 0 Å². The van der Waals surface area contributed by atoms with Gasteiger partial charge in [0, 0.05) is 37.0 Å². The smallest absolute Gasteiger partial charge is 0.262 e. The molecule has 27 heavy (non-hydrogen) atoms. The summed E-state index contributed by atoms with van der Waals surface area (Å²) in [6.45, 7) is 4.29. The van der Waals surface area contributed by atoms with Crippen molar-refractivity contribution < 1.29 is 17.9 Å². The van der Waals surface area contributed by atoms with Crippen LogP contribution >= 0.6 is 11.6 Å². The van der Waals surface area contributed by atoms with Crippen LogP contribution in [0.15, 0.2) is 41.3 Å². The monoisotopic (exact) mass is 410 g/mol. The van der Waals surface area contributed by atoms with Crippen molar-refractivity contribution >= 4 is 33.2 Å². The minimum Gasteiger partial charge on any atom is -0.383 e. The number of nitrogens with one attached hydrogen (secondary N) is 1. The van der Waals surface area contributed by atoms with Gasteiger partial charge in [0.1, 0.15) is 0 Å². The van der Waals surface area contributed by atoms with Crippen LogP contribution in [0.4, 0.5) is 5.69 Å². The van der Waals surface area contributed by atoms with Gasteiger partial charge in [0.15, 0.2) is 0 Å². The van der Waals surface area contributed by atoms with Gasteiger partial charge in [-0.3, -0.25) is 9.52 Å². The summed E-state index contributed by atoms with van der Waals surface area (Å²) in [5.74, 6) is -0.216. The zero-order valence-corrected chi connectivity index (χ0v) is 17.3. The van der Waals surface area contributed by atoms with E-state index in [4.69, 9.17) is 16.3 Å². The fourth-order valence-corrected chi connectivity index (χ4v) is 4.10. The number of carbonyl (C=O) groups is 1. The van der Waals surface area contributed by atoms with Gasteiger partial charge in [0.2, 0.25) is 0 Å². The Balaban J connectivity index is 2.27. The van der Waals surface area contributed by atoms with Crippen LogP contribution < -0.4 is 4.72 Å². The predicted molar refractivity (Wildman–Crippen MR) is 107 cm³/mol. The van der Waals surface area contributed by atoms with Crippen LogP contribution in [0.2, 0.25) is 5.02 Å². The summed E-state index contributed by atoms with van der Waals surface area (Å²) in [6, 6.07) is 9.54. The van der Waals surface area contributed by atoms with Gasteiger partial charge in [-0.2, -0.15) is 0 Å². The third-order valence-corrected chi connectivity index (χ3v) is 6.02. The molecule has 6 nitrogen and oxygen atoms in total. The van der Waals surface area contributed by atoms with E-state index in [0.29, 0.717) is 40.6 Å². The number of hydrogen-bond acceptors (Lipinski definition) is 4. The molecule has 0 aliphatic rings. The van der Waals surface area contributed by atoms with Gasteiger partial charge in [-0.05, 0) is 55.3 Å². The topological polar surface area (TPSA) is 75.7 Å². The Bertz CT molecular complexity index is 945. The molecule has 2 aromatic rings. The number of benzene rings is 2. The highest BCUT2D eigenvalue weighted by molar-refractivity contribution is 7.92. The van der Waals surface area contributed by atoms with E-state index in [0.717, 1.165) is 0 Å². The SMILES string of the molecule is COCCN(C)C(=O)c1cccc(NS(=O)(=O)c2cc(C)c(Cl)cc2C)c1. The highest BCUT2D eigenvalue weighted by Gasteiger charge is 2.19. The standard InChI is InChI=1S/C19H23ClN2O4S/c1-13-11-18(14(2)10-17(13)20)27(24,25)21-16-7-5-6-15(12-16)19(23)22(3)8-9-26-4/h5-7,10-12,21H,8-9H2,1-4H3. The number of anilines is 1. The van der Waals surface area contributed by atoms with Crippen LogP contribution in [0.3, 0.4) is 0 Å². The second-order valence-electron chi connectivity index (χ2n) is 6.27. The first-order valence-corrected chi connectivity index (χ1v) is 10.2. The number of methoxy groups -OCH3 is 1. The van der Waals surface area contributed by atoms with E-state index < -0.39 is 10.0 Å². The van der Waals surface area contributed by atoms with Crippen molar-refractivity contribution in [1.29, 1.82) is 0 Å². The van der Waals surface area contributed by atoms with Crippen molar-refractivity contribution in [2.75, 3.05) is 32.0 Å². The van der Waals surface area contributed by atoms with Crippen molar-refractivity contribution in [3.05, 3.63) is 58.1 Å². The van der Waals surface area contributed by atoms with Gasteiger partial charge in [-0.1, -0.05) is 17.7 Å². The van der Waals surface area contributed by atoms with Crippen LogP contribution in [-0.4, -0.2) is 46.5 Å². The molecule has 0 atom stereocenters. The van der Waals surface area contributed by atoms with E-state index in [9.17, 15) is 13.2 Å². The molecular formula is C19H23ClN2O4S. The molecule has 1 amide bonds. The number of rotatable bonds is 7. The lowest BCUT2D eigenvalue weighted by Crippen LogP contribution is -2.30. The zero-order valence-electron chi connectivity index (χ0n) is 15.7. The molecular weight excluding hydrogens is 388 g/mol. The number of sulfonamides is 1. The van der Waals surface area contributed by atoms with Crippen LogP contribution in [0.25, 0.3) is 0 Å². The Kier molecular flexibility index (Phi) is 6.86. The van der Waals surface area contributed by atoms with Crippen molar-refractivity contribution in [2.45, 2.75) is 18.7 Å². The lowest BCUT2D eigenvalue weighted by Gasteiger charge is -2.17. The molecule has 0 spiro atoms. The largest absolute Gasteiger partial charge is 0.383 e. The Morgan fingerprint density at radius 3 is 2.56 bits per heavy atom. The van der Waals surface area contributed by atoms with Crippen LogP contribution in [-0.2, 0) is 14.8 Å². The molecule has 8 heteroatoms. The summed E-state index contributed by atoms with van der Waals surface area (Å²) in [5, 5.41) is 0.512. The van der Waals surface area contributed by atoms with Crippen molar-refractivity contribution in [1.82, 2.24) is 4.90 Å². The lowest BCUT2D eigenvalue weighted by atomic mass is 10.2. The maximum absolute atomic E-state index is 12.8. The molecule has 2 rings (SSSR count). The Hall–Kier alpha value is -2.09. The summed E-state index contributed by atoms with van der Waals surface area (Å²) in [4.78, 5) is 14.1. The maximum Gasteiger partial charge on any atom is 0.262 e. The van der Waals surface area contributed by atoms with E-state index in [1.807, 2.05) is 0 Å². The number of ether oxygens (including phenoxy) is 1. The lowest BCUT2D eigenvalue weighted by molar-refractivity contribution is 0.0744. The van der Waals surface area contributed by atoms with Crippen LogP contribution in [0.5, 0.6) is 0 Å². The number of likely N-dealkylation sites (N-methyl/N-ethyl adjacent to an activating group) is 1.